The molecule has 0 saturated carbocycles. The zero-order chi connectivity index (χ0) is 32.5. The molecule has 10 nitrogen and oxygen atoms in total. The minimum atomic E-state index is -5.02. The monoisotopic (exact) mass is 682 g/mol. The Bertz CT molecular complexity index is 1990. The second-order valence-electron chi connectivity index (χ2n) is 11.3. The van der Waals surface area contributed by atoms with Gasteiger partial charge in [-0.3, -0.25) is 9.36 Å². The van der Waals surface area contributed by atoms with E-state index in [1.54, 1.807) is 31.2 Å². The fourth-order valence-electron chi connectivity index (χ4n) is 5.61. The summed E-state index contributed by atoms with van der Waals surface area (Å²) < 4.78 is 76.0. The number of aliphatic hydroxyl groups is 1. The Hall–Kier alpha value is -3.53. The molecule has 0 unspecified atom stereocenters. The number of benzene rings is 2. The summed E-state index contributed by atoms with van der Waals surface area (Å²) in [6, 6.07) is 8.94. The number of amides is 1. The van der Waals surface area contributed by atoms with Crippen LogP contribution in [0.4, 0.5) is 18.0 Å². The third-order valence-corrected chi connectivity index (χ3v) is 12.1. The Morgan fingerprint density at radius 2 is 1.89 bits per heavy atom. The lowest BCUT2D eigenvalue weighted by atomic mass is 10.0. The lowest BCUT2D eigenvalue weighted by molar-refractivity contribution is -0.257. The van der Waals surface area contributed by atoms with Crippen LogP contribution in [0.3, 0.4) is 0 Å². The highest BCUT2D eigenvalue weighted by Gasteiger charge is 2.52. The highest BCUT2D eigenvalue weighted by Crippen LogP contribution is 2.44. The molecule has 2 fully saturated rings. The van der Waals surface area contributed by atoms with E-state index in [-0.39, 0.29) is 58.9 Å². The van der Waals surface area contributed by atoms with Crippen LogP contribution in [0, 0.1) is 6.92 Å². The van der Waals surface area contributed by atoms with Crippen LogP contribution in [0.25, 0.3) is 21.5 Å². The summed E-state index contributed by atoms with van der Waals surface area (Å²) in [6.45, 7) is 2.51. The number of ether oxygens (including phenoxy) is 1. The van der Waals surface area contributed by atoms with Crippen LogP contribution >= 0.6 is 22.9 Å². The molecule has 0 aliphatic carbocycles. The molecule has 2 aromatic carbocycles. The van der Waals surface area contributed by atoms with E-state index in [0.717, 1.165) is 11.8 Å². The Balaban J connectivity index is 1.51. The van der Waals surface area contributed by atoms with Gasteiger partial charge in [0.05, 0.1) is 38.5 Å². The number of carbonyl (C=O) groups excluding carboxylic acids is 1. The van der Waals surface area contributed by atoms with Gasteiger partial charge in [0.15, 0.2) is 15.4 Å². The van der Waals surface area contributed by atoms with E-state index in [9.17, 15) is 36.3 Å². The fraction of sp³-hybridized carbons (Fsp3) is 0.379. The molecule has 0 spiro atoms. The van der Waals surface area contributed by atoms with Gasteiger partial charge in [-0.25, -0.2) is 23.2 Å². The molecule has 4 heterocycles. The second-order valence-corrected chi connectivity index (χ2v) is 14.9. The van der Waals surface area contributed by atoms with Crippen LogP contribution in [0.1, 0.15) is 36.0 Å². The number of carbonyl (C=O) groups is 1. The lowest BCUT2D eigenvalue weighted by Crippen LogP contribution is -2.45. The summed E-state index contributed by atoms with van der Waals surface area (Å²) >= 11 is 6.49. The number of cyclic esters (lactones) is 1. The van der Waals surface area contributed by atoms with E-state index in [1.165, 1.54) is 21.6 Å². The lowest BCUT2D eigenvalue weighted by Gasteiger charge is -2.32. The van der Waals surface area contributed by atoms with Crippen LogP contribution in [0.15, 0.2) is 52.3 Å². The van der Waals surface area contributed by atoms with Crippen LogP contribution in [-0.2, 0) is 26.7 Å². The second kappa shape index (κ2) is 11.1. The number of thiazole rings is 1. The standard InChI is InChI=1S/C29H26ClF3N4O6S2/c1-15-35-22-10-21(25-34-12-24(44-25)28(2,40)29(31,32)33)23(45(41,42)19-7-8-36-18(9-19)14-43-27(36)39)11-20(22)26(38)37(15)13-16-3-5-17(30)6-4-16/h3-6,10-12,18-19,40H,7-9,13-14H2,1-2H3/t18-,19-,28+/m0/s1. The fourth-order valence-corrected chi connectivity index (χ4v) is 8.81. The number of rotatable bonds is 6. The molecule has 2 aromatic heterocycles. The Kier molecular flexibility index (Phi) is 7.74. The molecule has 45 heavy (non-hydrogen) atoms. The summed E-state index contributed by atoms with van der Waals surface area (Å²) in [5.41, 5.74) is -2.91. The number of aryl methyl sites for hydroxylation is 1. The van der Waals surface area contributed by atoms with Crippen molar-refractivity contribution < 1.29 is 36.2 Å². The van der Waals surface area contributed by atoms with Crippen molar-refractivity contribution in [3.63, 3.8) is 0 Å². The number of alkyl halides is 3. The zero-order valence-electron chi connectivity index (χ0n) is 23.8. The number of fused-ring (bicyclic) bond motifs is 2. The SMILES string of the molecule is Cc1nc2cc(-c3ncc([C@@](C)(O)C(F)(F)F)s3)c(S(=O)(=O)[C@H]3CCN4C(=O)OC[C@@H]4C3)cc2c(=O)n1Cc1ccc(Cl)cc1. The number of hydrogen-bond donors (Lipinski definition) is 1. The van der Waals surface area contributed by atoms with Crippen molar-refractivity contribution in [2.75, 3.05) is 13.2 Å². The predicted octanol–water partition coefficient (Wildman–Crippen LogP) is 5.06. The summed E-state index contributed by atoms with van der Waals surface area (Å²) in [6.07, 6.45) is -4.51. The molecule has 2 aliphatic heterocycles. The van der Waals surface area contributed by atoms with Gasteiger partial charge in [0.25, 0.3) is 5.56 Å². The maximum atomic E-state index is 14.3. The van der Waals surface area contributed by atoms with E-state index < -0.39 is 49.4 Å². The highest BCUT2D eigenvalue weighted by molar-refractivity contribution is 7.92. The van der Waals surface area contributed by atoms with Crippen LogP contribution in [0.5, 0.6) is 0 Å². The maximum absolute atomic E-state index is 14.3. The molecule has 1 N–H and O–H groups in total. The van der Waals surface area contributed by atoms with Crippen molar-refractivity contribution >= 4 is 49.8 Å². The van der Waals surface area contributed by atoms with E-state index in [0.29, 0.717) is 29.1 Å². The smallest absolute Gasteiger partial charge is 0.422 e. The van der Waals surface area contributed by atoms with Crippen molar-refractivity contribution in [2.24, 2.45) is 0 Å². The topological polar surface area (TPSA) is 132 Å². The molecule has 0 bridgehead atoms. The van der Waals surface area contributed by atoms with Crippen molar-refractivity contribution in [1.29, 1.82) is 0 Å². The first kappa shape index (κ1) is 31.5. The zero-order valence-corrected chi connectivity index (χ0v) is 26.2. The summed E-state index contributed by atoms with van der Waals surface area (Å²) in [4.78, 5) is 35.1. The minimum absolute atomic E-state index is 0.00669. The van der Waals surface area contributed by atoms with Crippen LogP contribution in [-0.4, -0.2) is 69.7 Å². The molecule has 2 aliphatic rings. The highest BCUT2D eigenvalue weighted by atomic mass is 35.5. The van der Waals surface area contributed by atoms with E-state index in [4.69, 9.17) is 16.3 Å². The average Bonchev–Trinajstić information content (AvgIpc) is 3.63. The van der Waals surface area contributed by atoms with Crippen molar-refractivity contribution in [3.8, 4) is 10.6 Å². The van der Waals surface area contributed by atoms with Gasteiger partial charge in [0, 0.05) is 23.3 Å². The average molecular weight is 683 g/mol. The summed E-state index contributed by atoms with van der Waals surface area (Å²) in [7, 11) is -4.25. The van der Waals surface area contributed by atoms with E-state index in [1.807, 2.05) is 0 Å². The maximum Gasteiger partial charge on any atom is 0.422 e. The van der Waals surface area contributed by atoms with Gasteiger partial charge in [0.1, 0.15) is 17.4 Å². The van der Waals surface area contributed by atoms with Crippen LogP contribution < -0.4 is 5.56 Å². The minimum Gasteiger partial charge on any atom is -0.447 e. The largest absolute Gasteiger partial charge is 0.447 e. The van der Waals surface area contributed by atoms with Gasteiger partial charge in [-0.2, -0.15) is 13.2 Å². The first-order valence-electron chi connectivity index (χ1n) is 13.8. The van der Waals surface area contributed by atoms with E-state index >= 15 is 0 Å². The molecular weight excluding hydrogens is 657 g/mol. The Morgan fingerprint density at radius 1 is 1.18 bits per heavy atom. The Morgan fingerprint density at radius 3 is 2.58 bits per heavy atom. The molecule has 238 valence electrons. The predicted molar refractivity (Wildman–Crippen MR) is 160 cm³/mol. The normalized spacial score (nSPS) is 20.2. The number of hydrogen-bond acceptors (Lipinski definition) is 9. The molecule has 6 rings (SSSR count). The van der Waals surface area contributed by atoms with Crippen molar-refractivity contribution in [3.05, 3.63) is 74.2 Å². The molecule has 1 amide bonds. The molecule has 2 saturated heterocycles. The first-order valence-corrected chi connectivity index (χ1v) is 16.5. The van der Waals surface area contributed by atoms with Crippen LogP contribution in [0.2, 0.25) is 5.02 Å². The molecular formula is C29H26ClF3N4O6S2. The number of sulfone groups is 1. The van der Waals surface area contributed by atoms with E-state index in [2.05, 4.69) is 9.97 Å². The Labute approximate surface area is 264 Å². The molecule has 4 aromatic rings. The third kappa shape index (κ3) is 5.49. The van der Waals surface area contributed by atoms with Crippen molar-refractivity contribution in [2.45, 2.75) is 61.2 Å². The van der Waals surface area contributed by atoms with Gasteiger partial charge >= 0.3 is 12.3 Å². The van der Waals surface area contributed by atoms with Gasteiger partial charge in [-0.15, -0.1) is 11.3 Å². The van der Waals surface area contributed by atoms with Gasteiger partial charge < -0.3 is 14.7 Å². The van der Waals surface area contributed by atoms with Crippen molar-refractivity contribution in [1.82, 2.24) is 19.4 Å². The molecule has 0 radical (unpaired) electrons. The summed E-state index contributed by atoms with van der Waals surface area (Å²) in [5.74, 6) is 0.321. The van der Waals surface area contributed by atoms with Gasteiger partial charge in [-0.1, -0.05) is 23.7 Å². The molecule has 16 heteroatoms. The molecule has 3 atom stereocenters. The number of halogens is 4. The number of piperidine rings is 1. The summed E-state index contributed by atoms with van der Waals surface area (Å²) in [5, 5.41) is 9.69. The first-order chi connectivity index (χ1) is 21.1. The number of aromatic nitrogens is 3. The van der Waals surface area contributed by atoms with Gasteiger partial charge in [0.2, 0.25) is 0 Å². The third-order valence-electron chi connectivity index (χ3n) is 8.31. The number of nitrogens with zero attached hydrogens (tertiary/aromatic N) is 4. The quantitative estimate of drug-likeness (QED) is 0.299. The van der Waals surface area contributed by atoms with Gasteiger partial charge in [-0.05, 0) is 56.5 Å².